The molecule has 5 heteroatoms. The van der Waals surface area contributed by atoms with E-state index in [0.717, 1.165) is 37.8 Å². The molecule has 0 spiro atoms. The zero-order chi connectivity index (χ0) is 11.1. The Hall–Kier alpha value is -0.260. The van der Waals surface area contributed by atoms with Crippen molar-refractivity contribution in [3.8, 4) is 0 Å². The molecule has 1 fully saturated rings. The van der Waals surface area contributed by atoms with Crippen LogP contribution in [-0.4, -0.2) is 54.7 Å². The van der Waals surface area contributed by atoms with Crippen LogP contribution >= 0.6 is 11.8 Å². The maximum atomic E-state index is 11.6. The predicted molar refractivity (Wildman–Crippen MR) is 65.0 cm³/mol. The molecule has 88 valence electrons. The first-order chi connectivity index (χ1) is 7.27. The Morgan fingerprint density at radius 3 is 2.80 bits per heavy atom. The fourth-order valence-corrected chi connectivity index (χ4v) is 2.51. The van der Waals surface area contributed by atoms with Crippen LogP contribution in [0.3, 0.4) is 0 Å². The van der Waals surface area contributed by atoms with Crippen molar-refractivity contribution >= 4 is 17.7 Å². The summed E-state index contributed by atoms with van der Waals surface area (Å²) < 4.78 is 0. The van der Waals surface area contributed by atoms with Crippen LogP contribution in [0.2, 0.25) is 0 Å². The van der Waals surface area contributed by atoms with Gasteiger partial charge in [0.2, 0.25) is 5.91 Å². The molecule has 1 heterocycles. The van der Waals surface area contributed by atoms with E-state index in [-0.39, 0.29) is 11.9 Å². The standard InChI is InChI=1S/C10H21N3OS/c1-3-13(4-2)6-5-11-10(14)9-7-15-8-12-9/h9,12H,3-8H2,1-2H3,(H,11,14). The quantitative estimate of drug-likeness (QED) is 0.681. The van der Waals surface area contributed by atoms with Gasteiger partial charge in [-0.05, 0) is 13.1 Å². The van der Waals surface area contributed by atoms with Gasteiger partial charge in [0, 0.05) is 24.7 Å². The second-order valence-corrected chi connectivity index (χ2v) is 4.62. The topological polar surface area (TPSA) is 44.4 Å². The molecule has 0 aromatic rings. The minimum atomic E-state index is 0.0201. The average molecular weight is 231 g/mol. The molecule has 0 radical (unpaired) electrons. The van der Waals surface area contributed by atoms with Gasteiger partial charge in [0.15, 0.2) is 0 Å². The van der Waals surface area contributed by atoms with E-state index >= 15 is 0 Å². The van der Waals surface area contributed by atoms with Gasteiger partial charge in [-0.3, -0.25) is 10.1 Å². The number of hydrogen-bond donors (Lipinski definition) is 2. The summed E-state index contributed by atoms with van der Waals surface area (Å²) in [4.78, 5) is 13.9. The Morgan fingerprint density at radius 1 is 1.53 bits per heavy atom. The highest BCUT2D eigenvalue weighted by atomic mass is 32.2. The number of nitrogens with zero attached hydrogens (tertiary/aromatic N) is 1. The van der Waals surface area contributed by atoms with Gasteiger partial charge in [0.05, 0.1) is 6.04 Å². The molecule has 0 saturated carbocycles. The van der Waals surface area contributed by atoms with Gasteiger partial charge >= 0.3 is 0 Å². The second kappa shape index (κ2) is 7.09. The largest absolute Gasteiger partial charge is 0.353 e. The summed E-state index contributed by atoms with van der Waals surface area (Å²) in [7, 11) is 0. The molecule has 1 unspecified atom stereocenters. The molecule has 4 nitrogen and oxygen atoms in total. The Bertz CT molecular complexity index is 191. The lowest BCUT2D eigenvalue weighted by atomic mass is 10.3. The molecule has 1 aliphatic heterocycles. The lowest BCUT2D eigenvalue weighted by Crippen LogP contribution is -2.44. The van der Waals surface area contributed by atoms with Crippen molar-refractivity contribution in [1.29, 1.82) is 0 Å². The first-order valence-corrected chi connectivity index (χ1v) is 6.74. The van der Waals surface area contributed by atoms with E-state index in [1.807, 2.05) is 0 Å². The van der Waals surface area contributed by atoms with Gasteiger partial charge in [0.25, 0.3) is 0 Å². The third kappa shape index (κ3) is 4.40. The fourth-order valence-electron chi connectivity index (χ4n) is 1.56. The van der Waals surface area contributed by atoms with Gasteiger partial charge in [-0.1, -0.05) is 13.8 Å². The summed E-state index contributed by atoms with van der Waals surface area (Å²) >= 11 is 1.78. The zero-order valence-corrected chi connectivity index (χ0v) is 10.4. The maximum Gasteiger partial charge on any atom is 0.238 e. The van der Waals surface area contributed by atoms with E-state index in [0.29, 0.717) is 0 Å². The highest BCUT2D eigenvalue weighted by Gasteiger charge is 2.21. The number of thioether (sulfide) groups is 1. The molecule has 1 saturated heterocycles. The van der Waals surface area contributed by atoms with Crippen molar-refractivity contribution in [2.75, 3.05) is 37.8 Å². The zero-order valence-electron chi connectivity index (χ0n) is 9.58. The maximum absolute atomic E-state index is 11.6. The second-order valence-electron chi connectivity index (χ2n) is 3.59. The molecule has 1 rings (SSSR count). The minimum Gasteiger partial charge on any atom is -0.353 e. The summed E-state index contributed by atoms with van der Waals surface area (Å²) in [5, 5.41) is 6.13. The first-order valence-electron chi connectivity index (χ1n) is 5.59. The Balaban J connectivity index is 2.10. The van der Waals surface area contributed by atoms with E-state index < -0.39 is 0 Å². The lowest BCUT2D eigenvalue weighted by Gasteiger charge is -2.18. The summed E-state index contributed by atoms with van der Waals surface area (Å²) in [6, 6.07) is 0.0201. The van der Waals surface area contributed by atoms with Crippen LogP contribution < -0.4 is 10.6 Å². The van der Waals surface area contributed by atoms with E-state index in [1.54, 1.807) is 11.8 Å². The number of nitrogens with one attached hydrogen (secondary N) is 2. The van der Waals surface area contributed by atoms with E-state index in [1.165, 1.54) is 0 Å². The van der Waals surface area contributed by atoms with Crippen molar-refractivity contribution < 1.29 is 4.79 Å². The molecule has 0 bridgehead atoms. The molecule has 0 aliphatic carbocycles. The smallest absolute Gasteiger partial charge is 0.238 e. The van der Waals surface area contributed by atoms with Crippen LogP contribution in [0, 0.1) is 0 Å². The van der Waals surface area contributed by atoms with E-state index in [9.17, 15) is 4.79 Å². The van der Waals surface area contributed by atoms with Crippen molar-refractivity contribution in [2.45, 2.75) is 19.9 Å². The highest BCUT2D eigenvalue weighted by Crippen LogP contribution is 2.08. The van der Waals surface area contributed by atoms with Crippen LogP contribution in [0.1, 0.15) is 13.8 Å². The molecule has 0 aromatic carbocycles. The molecule has 15 heavy (non-hydrogen) atoms. The van der Waals surface area contributed by atoms with Gasteiger partial charge in [-0.25, -0.2) is 0 Å². The minimum absolute atomic E-state index is 0.0201. The van der Waals surface area contributed by atoms with Crippen molar-refractivity contribution in [1.82, 2.24) is 15.5 Å². The number of carbonyl (C=O) groups excluding carboxylic acids is 1. The molecular weight excluding hydrogens is 210 g/mol. The summed E-state index contributed by atoms with van der Waals surface area (Å²) in [6.45, 7) is 8.07. The van der Waals surface area contributed by atoms with E-state index in [2.05, 4.69) is 29.4 Å². The van der Waals surface area contributed by atoms with E-state index in [4.69, 9.17) is 0 Å². The van der Waals surface area contributed by atoms with Crippen LogP contribution in [0.15, 0.2) is 0 Å². The summed E-state index contributed by atoms with van der Waals surface area (Å²) in [5.41, 5.74) is 0. The van der Waals surface area contributed by atoms with Crippen LogP contribution in [0.5, 0.6) is 0 Å². The Labute approximate surface area is 96.2 Å². The molecule has 1 aliphatic rings. The SMILES string of the molecule is CCN(CC)CCNC(=O)C1CSCN1. The van der Waals surface area contributed by atoms with Crippen LogP contribution in [-0.2, 0) is 4.79 Å². The van der Waals surface area contributed by atoms with Crippen LogP contribution in [0.4, 0.5) is 0 Å². The van der Waals surface area contributed by atoms with Crippen molar-refractivity contribution in [3.63, 3.8) is 0 Å². The third-order valence-corrected chi connectivity index (χ3v) is 3.59. The van der Waals surface area contributed by atoms with Gasteiger partial charge < -0.3 is 10.2 Å². The van der Waals surface area contributed by atoms with Crippen LogP contribution in [0.25, 0.3) is 0 Å². The number of amides is 1. The van der Waals surface area contributed by atoms with Gasteiger partial charge in [-0.15, -0.1) is 11.8 Å². The number of rotatable bonds is 6. The molecular formula is C10H21N3OS. The Kier molecular flexibility index (Phi) is 6.05. The summed E-state index contributed by atoms with van der Waals surface area (Å²) in [6.07, 6.45) is 0. The highest BCUT2D eigenvalue weighted by molar-refractivity contribution is 7.99. The monoisotopic (exact) mass is 231 g/mol. The number of carbonyl (C=O) groups is 1. The first kappa shape index (κ1) is 12.8. The summed E-state index contributed by atoms with van der Waals surface area (Å²) in [5.74, 6) is 1.94. The molecule has 1 amide bonds. The average Bonchev–Trinajstić information content (AvgIpc) is 2.77. The number of hydrogen-bond acceptors (Lipinski definition) is 4. The molecule has 0 aromatic heterocycles. The Morgan fingerprint density at radius 2 is 2.27 bits per heavy atom. The predicted octanol–water partition coefficient (Wildman–Crippen LogP) is 0.107. The third-order valence-electron chi connectivity index (χ3n) is 2.65. The van der Waals surface area contributed by atoms with Gasteiger partial charge in [0.1, 0.15) is 0 Å². The fraction of sp³-hybridized carbons (Fsp3) is 0.900. The van der Waals surface area contributed by atoms with Gasteiger partial charge in [-0.2, -0.15) is 0 Å². The van der Waals surface area contributed by atoms with Crippen molar-refractivity contribution in [2.24, 2.45) is 0 Å². The molecule has 1 atom stereocenters. The number of likely N-dealkylation sites (N-methyl/N-ethyl adjacent to an activating group) is 1. The van der Waals surface area contributed by atoms with Crippen molar-refractivity contribution in [3.05, 3.63) is 0 Å². The lowest BCUT2D eigenvalue weighted by molar-refractivity contribution is -0.122. The normalized spacial score (nSPS) is 20.9. The molecule has 2 N–H and O–H groups in total.